The van der Waals surface area contributed by atoms with E-state index in [1.165, 1.54) is 0 Å². The third-order valence-corrected chi connectivity index (χ3v) is 2.82. The lowest BCUT2D eigenvalue weighted by Gasteiger charge is -2.24. The average molecular weight is 215 g/mol. The molecule has 0 aliphatic carbocycles. The SMILES string of the molecule is Cc1ccc(C(C)(C)CO)c(Cl)c1O. The molecule has 0 heterocycles. The number of phenols is 1. The van der Waals surface area contributed by atoms with E-state index in [4.69, 9.17) is 11.6 Å². The lowest BCUT2D eigenvalue weighted by atomic mass is 9.85. The van der Waals surface area contributed by atoms with Gasteiger partial charge in [0, 0.05) is 5.41 Å². The Balaban J connectivity index is 3.31. The molecule has 0 unspecified atom stereocenters. The van der Waals surface area contributed by atoms with E-state index in [9.17, 15) is 10.2 Å². The lowest BCUT2D eigenvalue weighted by Crippen LogP contribution is -2.22. The minimum atomic E-state index is -0.428. The minimum Gasteiger partial charge on any atom is -0.506 e. The maximum atomic E-state index is 9.63. The number of aromatic hydroxyl groups is 1. The summed E-state index contributed by atoms with van der Waals surface area (Å²) in [5.74, 6) is 0.102. The lowest BCUT2D eigenvalue weighted by molar-refractivity contribution is 0.218. The van der Waals surface area contributed by atoms with Gasteiger partial charge in [0.15, 0.2) is 0 Å². The third kappa shape index (κ3) is 1.86. The van der Waals surface area contributed by atoms with Gasteiger partial charge in [-0.2, -0.15) is 0 Å². The van der Waals surface area contributed by atoms with Crippen LogP contribution >= 0.6 is 11.6 Å². The molecular formula is C11H15ClO2. The molecule has 2 nitrogen and oxygen atoms in total. The van der Waals surface area contributed by atoms with Crippen LogP contribution in [0.5, 0.6) is 5.75 Å². The van der Waals surface area contributed by atoms with Crippen LogP contribution in [0.15, 0.2) is 12.1 Å². The molecule has 78 valence electrons. The van der Waals surface area contributed by atoms with E-state index in [2.05, 4.69) is 0 Å². The summed E-state index contributed by atoms with van der Waals surface area (Å²) in [6.07, 6.45) is 0. The van der Waals surface area contributed by atoms with Gasteiger partial charge in [-0.15, -0.1) is 0 Å². The van der Waals surface area contributed by atoms with Crippen LogP contribution in [-0.4, -0.2) is 16.8 Å². The molecule has 3 heteroatoms. The summed E-state index contributed by atoms with van der Waals surface area (Å²) < 4.78 is 0. The number of benzene rings is 1. The van der Waals surface area contributed by atoms with Crippen molar-refractivity contribution in [2.75, 3.05) is 6.61 Å². The number of phenolic OH excluding ortho intramolecular Hbond substituents is 1. The number of halogens is 1. The standard InChI is InChI=1S/C11H15ClO2/c1-7-4-5-8(9(12)10(7)14)11(2,3)6-13/h4-5,13-14H,6H2,1-3H3. The molecule has 0 spiro atoms. The van der Waals surface area contributed by atoms with Crippen LogP contribution in [0, 0.1) is 6.92 Å². The zero-order chi connectivity index (χ0) is 10.9. The summed E-state index contributed by atoms with van der Waals surface area (Å²) in [6, 6.07) is 3.64. The molecule has 0 fully saturated rings. The average Bonchev–Trinajstić information content (AvgIpc) is 2.14. The molecule has 0 aliphatic rings. The fourth-order valence-corrected chi connectivity index (χ4v) is 1.74. The van der Waals surface area contributed by atoms with E-state index in [1.54, 1.807) is 13.0 Å². The molecule has 0 bridgehead atoms. The number of hydrogen-bond acceptors (Lipinski definition) is 2. The molecule has 2 N–H and O–H groups in total. The topological polar surface area (TPSA) is 40.5 Å². The number of aliphatic hydroxyl groups is 1. The molecule has 0 saturated carbocycles. The monoisotopic (exact) mass is 214 g/mol. The third-order valence-electron chi connectivity index (χ3n) is 2.44. The first-order chi connectivity index (χ1) is 6.40. The largest absolute Gasteiger partial charge is 0.506 e. The first kappa shape index (κ1) is 11.3. The highest BCUT2D eigenvalue weighted by atomic mass is 35.5. The molecule has 1 aromatic carbocycles. The fraction of sp³-hybridized carbons (Fsp3) is 0.455. The smallest absolute Gasteiger partial charge is 0.137 e. The van der Waals surface area contributed by atoms with Crippen molar-refractivity contribution in [2.45, 2.75) is 26.2 Å². The Hall–Kier alpha value is -0.730. The van der Waals surface area contributed by atoms with Crippen LogP contribution < -0.4 is 0 Å². The zero-order valence-corrected chi connectivity index (χ0v) is 9.39. The second-order valence-electron chi connectivity index (χ2n) is 4.13. The van der Waals surface area contributed by atoms with Gasteiger partial charge in [-0.05, 0) is 18.1 Å². The zero-order valence-electron chi connectivity index (χ0n) is 8.63. The van der Waals surface area contributed by atoms with Crippen molar-refractivity contribution in [3.63, 3.8) is 0 Å². The second-order valence-corrected chi connectivity index (χ2v) is 4.51. The maximum Gasteiger partial charge on any atom is 0.137 e. The van der Waals surface area contributed by atoms with Crippen molar-refractivity contribution in [2.24, 2.45) is 0 Å². The van der Waals surface area contributed by atoms with Crippen molar-refractivity contribution in [1.82, 2.24) is 0 Å². The summed E-state index contributed by atoms with van der Waals surface area (Å²) in [7, 11) is 0. The van der Waals surface area contributed by atoms with Crippen LogP contribution in [0.2, 0.25) is 5.02 Å². The molecule has 0 atom stereocenters. The number of aryl methyl sites for hydroxylation is 1. The molecular weight excluding hydrogens is 200 g/mol. The predicted octanol–water partition coefficient (Wildman–Crippen LogP) is 2.62. The van der Waals surface area contributed by atoms with Crippen LogP contribution in [0.1, 0.15) is 25.0 Å². The van der Waals surface area contributed by atoms with E-state index in [0.29, 0.717) is 5.02 Å². The minimum absolute atomic E-state index is 0.00474. The van der Waals surface area contributed by atoms with Gasteiger partial charge in [0.25, 0.3) is 0 Å². The van der Waals surface area contributed by atoms with Crippen molar-refractivity contribution < 1.29 is 10.2 Å². The second kappa shape index (κ2) is 3.79. The van der Waals surface area contributed by atoms with Gasteiger partial charge in [-0.25, -0.2) is 0 Å². The van der Waals surface area contributed by atoms with Crippen LogP contribution in [0.3, 0.4) is 0 Å². The van der Waals surface area contributed by atoms with Crippen LogP contribution in [0.25, 0.3) is 0 Å². The van der Waals surface area contributed by atoms with Crippen molar-refractivity contribution in [3.05, 3.63) is 28.3 Å². The van der Waals surface area contributed by atoms with Crippen molar-refractivity contribution in [1.29, 1.82) is 0 Å². The van der Waals surface area contributed by atoms with Gasteiger partial charge in [0.05, 0.1) is 11.6 Å². The summed E-state index contributed by atoms with van der Waals surface area (Å²) in [6.45, 7) is 5.54. The molecule has 14 heavy (non-hydrogen) atoms. The van der Waals surface area contributed by atoms with Crippen LogP contribution in [0.4, 0.5) is 0 Å². The number of aliphatic hydroxyl groups excluding tert-OH is 1. The summed E-state index contributed by atoms with van der Waals surface area (Å²) in [5.41, 5.74) is 1.08. The van der Waals surface area contributed by atoms with Crippen LogP contribution in [-0.2, 0) is 5.41 Å². The Kier molecular flexibility index (Phi) is 3.07. The molecule has 1 rings (SSSR count). The molecule has 1 aromatic rings. The fourth-order valence-electron chi connectivity index (χ4n) is 1.27. The van der Waals surface area contributed by atoms with Gasteiger partial charge in [-0.3, -0.25) is 0 Å². The Morgan fingerprint density at radius 1 is 1.36 bits per heavy atom. The van der Waals surface area contributed by atoms with Gasteiger partial charge in [0.1, 0.15) is 5.75 Å². The number of rotatable bonds is 2. The number of hydrogen-bond donors (Lipinski definition) is 2. The van der Waals surface area contributed by atoms with Crippen molar-refractivity contribution in [3.8, 4) is 5.75 Å². The van der Waals surface area contributed by atoms with E-state index >= 15 is 0 Å². The highest BCUT2D eigenvalue weighted by Crippen LogP contribution is 2.37. The normalized spacial score (nSPS) is 11.8. The molecule has 0 saturated heterocycles. The van der Waals surface area contributed by atoms with Gasteiger partial charge in [-0.1, -0.05) is 37.6 Å². The Morgan fingerprint density at radius 2 is 1.93 bits per heavy atom. The van der Waals surface area contributed by atoms with E-state index in [0.717, 1.165) is 11.1 Å². The van der Waals surface area contributed by atoms with E-state index in [-0.39, 0.29) is 12.4 Å². The van der Waals surface area contributed by atoms with E-state index < -0.39 is 5.41 Å². The Labute approximate surface area is 89.1 Å². The predicted molar refractivity (Wildman–Crippen MR) is 58.0 cm³/mol. The van der Waals surface area contributed by atoms with Gasteiger partial charge in [0.2, 0.25) is 0 Å². The molecule has 0 radical (unpaired) electrons. The van der Waals surface area contributed by atoms with Gasteiger partial charge >= 0.3 is 0 Å². The molecule has 0 aromatic heterocycles. The summed E-state index contributed by atoms with van der Waals surface area (Å²) >= 11 is 6.00. The first-order valence-electron chi connectivity index (χ1n) is 4.49. The quantitative estimate of drug-likeness (QED) is 0.795. The Morgan fingerprint density at radius 3 is 2.43 bits per heavy atom. The summed E-state index contributed by atoms with van der Waals surface area (Å²) in [4.78, 5) is 0. The van der Waals surface area contributed by atoms with Crippen molar-refractivity contribution >= 4 is 11.6 Å². The highest BCUT2D eigenvalue weighted by Gasteiger charge is 2.24. The molecule has 0 aliphatic heterocycles. The maximum absolute atomic E-state index is 9.63. The Bertz CT molecular complexity index is 345. The van der Waals surface area contributed by atoms with E-state index in [1.807, 2.05) is 19.9 Å². The van der Waals surface area contributed by atoms with Gasteiger partial charge < -0.3 is 10.2 Å². The summed E-state index contributed by atoms with van der Waals surface area (Å²) in [5, 5.41) is 19.2. The highest BCUT2D eigenvalue weighted by molar-refractivity contribution is 6.33. The first-order valence-corrected chi connectivity index (χ1v) is 4.87. The molecule has 0 amide bonds.